The van der Waals surface area contributed by atoms with Crippen LogP contribution < -0.4 is 5.30 Å². The SMILES string of the molecule is CC(C)CCCCCP(=O)(CCCCCC(C)C)c1ccc(C(C)c2cc(C(C)(C)C)ccc2O)cc1. The molecule has 0 heterocycles. The highest BCUT2D eigenvalue weighted by molar-refractivity contribution is 7.71. The van der Waals surface area contributed by atoms with E-state index in [4.69, 9.17) is 0 Å². The van der Waals surface area contributed by atoms with E-state index < -0.39 is 7.14 Å². The predicted octanol–water partition coefficient (Wildman–Crippen LogP) is 10.3. The van der Waals surface area contributed by atoms with Crippen LogP contribution in [0.4, 0.5) is 0 Å². The third-order valence-electron chi connectivity index (χ3n) is 7.83. The van der Waals surface area contributed by atoms with E-state index in [1.54, 1.807) is 0 Å². The molecule has 0 radical (unpaired) electrons. The van der Waals surface area contributed by atoms with Gasteiger partial charge in [-0.3, -0.25) is 0 Å². The van der Waals surface area contributed by atoms with E-state index in [1.165, 1.54) is 44.1 Å². The van der Waals surface area contributed by atoms with E-state index in [-0.39, 0.29) is 11.3 Å². The van der Waals surface area contributed by atoms with E-state index in [2.05, 4.69) is 85.7 Å². The standard InChI is InChI=1S/C34H55O2P/c1-26(2)15-11-9-13-23-37(36,24-14-10-12-16-27(3)4)31-20-17-29(18-21-31)28(5)32-25-30(34(6,7)8)19-22-33(32)35/h17-22,25-28,35H,9-16,23-24H2,1-8H3. The number of aromatic hydroxyl groups is 1. The van der Waals surface area contributed by atoms with E-state index in [9.17, 15) is 9.67 Å². The highest BCUT2D eigenvalue weighted by atomic mass is 31.2. The van der Waals surface area contributed by atoms with Gasteiger partial charge in [0.1, 0.15) is 12.9 Å². The largest absolute Gasteiger partial charge is 0.508 e. The lowest BCUT2D eigenvalue weighted by molar-refractivity contribution is 0.464. The number of benzene rings is 2. The number of phenolic OH excluding ortho intramolecular Hbond substituents is 1. The number of unbranched alkanes of at least 4 members (excludes halogenated alkanes) is 4. The molecule has 0 amide bonds. The summed E-state index contributed by atoms with van der Waals surface area (Å²) in [5, 5.41) is 11.7. The molecule has 0 aliphatic heterocycles. The fourth-order valence-electron chi connectivity index (χ4n) is 5.15. The van der Waals surface area contributed by atoms with Crippen molar-refractivity contribution in [3.05, 3.63) is 59.2 Å². The molecule has 0 spiro atoms. The van der Waals surface area contributed by atoms with Crippen molar-refractivity contribution >= 4 is 12.4 Å². The van der Waals surface area contributed by atoms with Crippen molar-refractivity contribution in [2.45, 2.75) is 118 Å². The van der Waals surface area contributed by atoms with Gasteiger partial charge in [0.15, 0.2) is 0 Å². The first-order chi connectivity index (χ1) is 17.3. The van der Waals surface area contributed by atoms with Crippen LogP contribution in [0.25, 0.3) is 0 Å². The summed E-state index contributed by atoms with van der Waals surface area (Å²) in [6.07, 6.45) is 11.1. The second-order valence-electron chi connectivity index (χ2n) is 13.2. The van der Waals surface area contributed by atoms with Crippen LogP contribution in [0.3, 0.4) is 0 Å². The smallest absolute Gasteiger partial charge is 0.119 e. The summed E-state index contributed by atoms with van der Waals surface area (Å²) in [7, 11) is -2.41. The van der Waals surface area contributed by atoms with Crippen LogP contribution in [0.15, 0.2) is 42.5 Å². The molecule has 2 aromatic rings. The first kappa shape index (κ1) is 31.7. The predicted molar refractivity (Wildman–Crippen MR) is 164 cm³/mol. The van der Waals surface area contributed by atoms with Crippen LogP contribution >= 0.6 is 7.14 Å². The average molecular weight is 527 g/mol. The van der Waals surface area contributed by atoms with Gasteiger partial charge in [0, 0.05) is 29.1 Å². The lowest BCUT2D eigenvalue weighted by Gasteiger charge is -2.23. The van der Waals surface area contributed by atoms with Crippen LogP contribution in [0.2, 0.25) is 0 Å². The van der Waals surface area contributed by atoms with Gasteiger partial charge in [-0.15, -0.1) is 0 Å². The molecule has 3 heteroatoms. The molecule has 0 aliphatic rings. The Bertz CT molecular complexity index is 960. The van der Waals surface area contributed by atoms with Gasteiger partial charge < -0.3 is 9.67 Å². The van der Waals surface area contributed by atoms with Crippen LogP contribution in [-0.2, 0) is 9.98 Å². The van der Waals surface area contributed by atoms with Crippen LogP contribution in [-0.4, -0.2) is 17.4 Å². The van der Waals surface area contributed by atoms with Crippen molar-refractivity contribution in [1.82, 2.24) is 0 Å². The number of phenols is 1. The van der Waals surface area contributed by atoms with Gasteiger partial charge in [-0.05, 0) is 47.3 Å². The Kier molecular flexibility index (Phi) is 12.5. The second-order valence-corrected chi connectivity index (χ2v) is 16.3. The number of hydrogen-bond donors (Lipinski definition) is 1. The zero-order chi connectivity index (χ0) is 27.6. The summed E-state index contributed by atoms with van der Waals surface area (Å²) < 4.78 is 14.3. The highest BCUT2D eigenvalue weighted by Gasteiger charge is 2.25. The lowest BCUT2D eigenvalue weighted by Crippen LogP contribution is -2.13. The molecule has 0 fully saturated rings. The molecule has 0 saturated carbocycles. The quantitative estimate of drug-likeness (QED) is 0.185. The van der Waals surface area contributed by atoms with E-state index in [0.717, 1.165) is 53.4 Å². The summed E-state index contributed by atoms with van der Waals surface area (Å²) in [6, 6.07) is 14.5. The number of rotatable bonds is 15. The maximum absolute atomic E-state index is 14.3. The Morgan fingerprint density at radius 2 is 1.24 bits per heavy atom. The summed E-state index contributed by atoms with van der Waals surface area (Å²) in [5.41, 5.74) is 3.37. The van der Waals surface area contributed by atoms with E-state index in [0.29, 0.717) is 5.75 Å². The molecule has 1 atom stereocenters. The highest BCUT2D eigenvalue weighted by Crippen LogP contribution is 2.47. The molecule has 0 bridgehead atoms. The molecule has 2 rings (SSSR count). The Labute approximate surface area is 229 Å². The Hall–Kier alpha value is -1.53. The Morgan fingerprint density at radius 1 is 0.730 bits per heavy atom. The monoisotopic (exact) mass is 526 g/mol. The van der Waals surface area contributed by atoms with Crippen molar-refractivity contribution in [1.29, 1.82) is 0 Å². The molecule has 1 N–H and O–H groups in total. The first-order valence-electron chi connectivity index (χ1n) is 14.9. The molecule has 208 valence electrons. The third kappa shape index (κ3) is 10.3. The third-order valence-corrected chi connectivity index (χ3v) is 11.1. The number of hydrogen-bond acceptors (Lipinski definition) is 2. The fourth-order valence-corrected chi connectivity index (χ4v) is 8.05. The van der Waals surface area contributed by atoms with Gasteiger partial charge in [-0.2, -0.15) is 0 Å². The Morgan fingerprint density at radius 3 is 1.70 bits per heavy atom. The molecule has 2 nitrogen and oxygen atoms in total. The molecule has 0 saturated heterocycles. The average Bonchev–Trinajstić information content (AvgIpc) is 2.82. The van der Waals surface area contributed by atoms with Gasteiger partial charge in [-0.1, -0.05) is 130 Å². The minimum Gasteiger partial charge on any atom is -0.508 e. The van der Waals surface area contributed by atoms with Crippen molar-refractivity contribution in [2.75, 3.05) is 12.3 Å². The zero-order valence-corrected chi connectivity index (χ0v) is 26.0. The molecule has 1 unspecified atom stereocenters. The zero-order valence-electron chi connectivity index (χ0n) is 25.1. The molecule has 0 aromatic heterocycles. The molecule has 2 aromatic carbocycles. The summed E-state index contributed by atoms with van der Waals surface area (Å²) >= 11 is 0. The molecular formula is C34H55O2P. The van der Waals surface area contributed by atoms with Crippen molar-refractivity contribution in [2.24, 2.45) is 11.8 Å². The van der Waals surface area contributed by atoms with Gasteiger partial charge in [0.05, 0.1) is 0 Å². The van der Waals surface area contributed by atoms with Gasteiger partial charge in [0.2, 0.25) is 0 Å². The van der Waals surface area contributed by atoms with Crippen molar-refractivity contribution < 1.29 is 9.67 Å². The van der Waals surface area contributed by atoms with E-state index >= 15 is 0 Å². The second kappa shape index (κ2) is 14.6. The minimum absolute atomic E-state index is 0.0308. The van der Waals surface area contributed by atoms with E-state index in [1.807, 2.05) is 12.1 Å². The first-order valence-corrected chi connectivity index (χ1v) is 16.9. The molecular weight excluding hydrogens is 471 g/mol. The van der Waals surface area contributed by atoms with Crippen LogP contribution in [0.1, 0.15) is 129 Å². The van der Waals surface area contributed by atoms with Crippen molar-refractivity contribution in [3.8, 4) is 5.75 Å². The van der Waals surface area contributed by atoms with Gasteiger partial charge >= 0.3 is 0 Å². The maximum Gasteiger partial charge on any atom is 0.119 e. The lowest BCUT2D eigenvalue weighted by atomic mass is 9.83. The van der Waals surface area contributed by atoms with Gasteiger partial charge in [0.25, 0.3) is 0 Å². The molecule has 0 aliphatic carbocycles. The topological polar surface area (TPSA) is 37.3 Å². The Balaban J connectivity index is 2.18. The fraction of sp³-hybridized carbons (Fsp3) is 0.647. The van der Waals surface area contributed by atoms with Crippen LogP contribution in [0.5, 0.6) is 5.75 Å². The van der Waals surface area contributed by atoms with Gasteiger partial charge in [-0.25, -0.2) is 0 Å². The maximum atomic E-state index is 14.3. The normalized spacial score (nSPS) is 13.5. The minimum atomic E-state index is -2.41. The summed E-state index contributed by atoms with van der Waals surface area (Å²) in [5.74, 6) is 1.90. The van der Waals surface area contributed by atoms with Crippen molar-refractivity contribution in [3.63, 3.8) is 0 Å². The van der Waals surface area contributed by atoms with Crippen LogP contribution in [0, 0.1) is 11.8 Å². The summed E-state index contributed by atoms with van der Waals surface area (Å²) in [6.45, 7) is 17.9. The molecule has 37 heavy (non-hydrogen) atoms. The summed E-state index contributed by atoms with van der Waals surface area (Å²) in [4.78, 5) is 0.